The van der Waals surface area contributed by atoms with Gasteiger partial charge in [0.1, 0.15) is 23.2 Å². The maximum absolute atomic E-state index is 15.5. The van der Waals surface area contributed by atoms with Crippen molar-refractivity contribution in [2.75, 3.05) is 18.0 Å². The fourth-order valence-electron chi connectivity index (χ4n) is 4.53. The molecule has 8 nitrogen and oxygen atoms in total. The number of aromatic nitrogens is 3. The van der Waals surface area contributed by atoms with Gasteiger partial charge in [-0.05, 0) is 37.5 Å². The zero-order valence-corrected chi connectivity index (χ0v) is 21.8. The number of benzene rings is 1. The van der Waals surface area contributed by atoms with Crippen LogP contribution in [0.2, 0.25) is 0 Å². The highest BCUT2D eigenvalue weighted by Crippen LogP contribution is 2.38. The van der Waals surface area contributed by atoms with Crippen molar-refractivity contribution in [3.63, 3.8) is 0 Å². The van der Waals surface area contributed by atoms with Crippen LogP contribution in [0.1, 0.15) is 36.6 Å². The summed E-state index contributed by atoms with van der Waals surface area (Å²) < 4.78 is 111. The van der Waals surface area contributed by atoms with E-state index in [9.17, 15) is 40.3 Å². The van der Waals surface area contributed by atoms with Crippen molar-refractivity contribution in [1.82, 2.24) is 20.3 Å². The van der Waals surface area contributed by atoms with Gasteiger partial charge in [-0.15, -0.1) is 13.2 Å². The quantitative estimate of drug-likeness (QED) is 0.363. The minimum atomic E-state index is -5.04. The van der Waals surface area contributed by atoms with Crippen LogP contribution in [0.25, 0.3) is 11.4 Å². The lowest BCUT2D eigenvalue weighted by Gasteiger charge is -2.32. The van der Waals surface area contributed by atoms with E-state index < -0.39 is 76.5 Å². The average Bonchev–Trinajstić information content (AvgIpc) is 2.92. The molecule has 1 amide bonds. The number of amides is 1. The van der Waals surface area contributed by atoms with Crippen LogP contribution in [0, 0.1) is 17.6 Å². The van der Waals surface area contributed by atoms with Crippen molar-refractivity contribution >= 4 is 11.7 Å². The minimum Gasteiger partial charge on any atom is -0.404 e. The van der Waals surface area contributed by atoms with E-state index in [1.807, 2.05) is 4.98 Å². The predicted molar refractivity (Wildman–Crippen MR) is 132 cm³/mol. The monoisotopic (exact) mass is 605 g/mol. The topological polar surface area (TPSA) is 100 Å². The molecule has 2 N–H and O–H groups in total. The van der Waals surface area contributed by atoms with Gasteiger partial charge in [0.2, 0.25) is 11.7 Å². The molecule has 0 atom stereocenters. The second-order valence-electron chi connectivity index (χ2n) is 9.37. The first-order valence-electron chi connectivity index (χ1n) is 12.6. The van der Waals surface area contributed by atoms with Crippen LogP contribution in [0.5, 0.6) is 5.75 Å². The van der Waals surface area contributed by atoms with E-state index in [-0.39, 0.29) is 12.0 Å². The normalized spacial score (nSPS) is 14.6. The highest BCUT2D eigenvalue weighted by molar-refractivity contribution is 5.79. The third kappa shape index (κ3) is 6.97. The predicted octanol–water partition coefficient (Wildman–Crippen LogP) is 5.12. The first-order chi connectivity index (χ1) is 19.7. The van der Waals surface area contributed by atoms with Crippen molar-refractivity contribution < 1.29 is 44.7 Å². The Kier molecular flexibility index (Phi) is 8.73. The number of H-pyrrole nitrogens is 1. The second kappa shape index (κ2) is 11.9. The van der Waals surface area contributed by atoms with E-state index in [1.54, 1.807) is 4.90 Å². The number of nitrogens with zero attached hydrogens (tertiary/aromatic N) is 3. The number of halogens is 8. The number of alkyl halides is 6. The fraction of sp³-hybridized carbons (Fsp3) is 0.385. The van der Waals surface area contributed by atoms with Gasteiger partial charge in [0.15, 0.2) is 0 Å². The summed E-state index contributed by atoms with van der Waals surface area (Å²) in [6.07, 6.45) is -8.46. The van der Waals surface area contributed by atoms with Gasteiger partial charge in [0.05, 0.1) is 23.0 Å². The van der Waals surface area contributed by atoms with Gasteiger partial charge in [-0.25, -0.2) is 14.4 Å². The maximum Gasteiger partial charge on any atom is 0.573 e. The Balaban J connectivity index is 1.45. The zero-order valence-electron chi connectivity index (χ0n) is 21.8. The number of rotatable bonds is 7. The third-order valence-electron chi connectivity index (χ3n) is 6.63. The van der Waals surface area contributed by atoms with E-state index in [0.29, 0.717) is 37.8 Å². The number of anilines is 1. The molecule has 3 aromatic rings. The van der Waals surface area contributed by atoms with Crippen molar-refractivity contribution in [3.8, 4) is 17.1 Å². The molecule has 1 aliphatic rings. The number of hydrogen-bond acceptors (Lipinski definition) is 6. The number of carbonyl (C=O) groups excluding carboxylic acids is 1. The molecule has 0 unspecified atom stereocenters. The number of piperidine rings is 1. The molecule has 0 aliphatic carbocycles. The molecule has 0 spiro atoms. The van der Waals surface area contributed by atoms with Crippen LogP contribution in [-0.4, -0.2) is 40.3 Å². The first kappa shape index (κ1) is 30.7. The molecular formula is C26H23F8N5O3. The summed E-state index contributed by atoms with van der Waals surface area (Å²) in [5.74, 6) is -4.59. The SMILES string of the molecule is CCc1nc(-c2c(C(F)(F)F)ccc(CNC(=O)C3CCN(c4ccc(OC(F)(F)F)cn4)CC3)c2F)[nH]c(=O)c1F. The largest absolute Gasteiger partial charge is 0.573 e. The lowest BCUT2D eigenvalue weighted by Crippen LogP contribution is -2.40. The Morgan fingerprint density at radius 1 is 1.07 bits per heavy atom. The zero-order chi connectivity index (χ0) is 30.8. The molecule has 1 saturated heterocycles. The molecule has 226 valence electrons. The number of carbonyl (C=O) groups is 1. The van der Waals surface area contributed by atoms with Gasteiger partial charge < -0.3 is 19.9 Å². The molecule has 42 heavy (non-hydrogen) atoms. The van der Waals surface area contributed by atoms with Crippen LogP contribution < -0.4 is 20.5 Å². The van der Waals surface area contributed by atoms with Crippen molar-refractivity contribution in [2.24, 2.45) is 5.92 Å². The number of hydrogen-bond donors (Lipinski definition) is 2. The van der Waals surface area contributed by atoms with E-state index in [0.717, 1.165) is 18.3 Å². The molecule has 0 bridgehead atoms. The molecule has 0 saturated carbocycles. The molecule has 2 aromatic heterocycles. The van der Waals surface area contributed by atoms with Gasteiger partial charge in [-0.2, -0.15) is 17.6 Å². The van der Waals surface area contributed by atoms with Gasteiger partial charge in [0, 0.05) is 31.1 Å². The highest BCUT2D eigenvalue weighted by atomic mass is 19.4. The Hall–Kier alpha value is -4.24. The Labute approximate surface area is 232 Å². The number of aryl methyl sites for hydroxylation is 1. The molecule has 1 fully saturated rings. The molecule has 3 heterocycles. The summed E-state index contributed by atoms with van der Waals surface area (Å²) in [5, 5.41) is 2.50. The lowest BCUT2D eigenvalue weighted by atomic mass is 9.95. The Bertz CT molecular complexity index is 1500. The maximum atomic E-state index is 15.5. The summed E-state index contributed by atoms with van der Waals surface area (Å²) in [5.41, 5.74) is -4.62. The molecule has 0 radical (unpaired) electrons. The number of pyridine rings is 1. The summed E-state index contributed by atoms with van der Waals surface area (Å²) in [4.78, 5) is 36.0. The first-order valence-corrected chi connectivity index (χ1v) is 12.6. The van der Waals surface area contributed by atoms with Crippen LogP contribution >= 0.6 is 0 Å². The van der Waals surface area contributed by atoms with Gasteiger partial charge in [-0.3, -0.25) is 9.59 Å². The highest BCUT2D eigenvalue weighted by Gasteiger charge is 2.37. The lowest BCUT2D eigenvalue weighted by molar-refractivity contribution is -0.274. The molecule has 4 rings (SSSR count). The van der Waals surface area contributed by atoms with Crippen LogP contribution in [0.3, 0.4) is 0 Å². The molecular weight excluding hydrogens is 582 g/mol. The minimum absolute atomic E-state index is 0.131. The molecule has 16 heteroatoms. The van der Waals surface area contributed by atoms with Gasteiger partial charge >= 0.3 is 12.5 Å². The number of aromatic amines is 1. The number of ether oxygens (including phenoxy) is 1. The van der Waals surface area contributed by atoms with Gasteiger partial charge in [-0.1, -0.05) is 13.0 Å². The summed E-state index contributed by atoms with van der Waals surface area (Å²) in [6, 6.07) is 3.90. The van der Waals surface area contributed by atoms with Crippen molar-refractivity contribution in [1.29, 1.82) is 0 Å². The van der Waals surface area contributed by atoms with E-state index in [4.69, 9.17) is 0 Å². The van der Waals surface area contributed by atoms with E-state index in [1.165, 1.54) is 13.0 Å². The smallest absolute Gasteiger partial charge is 0.404 e. The average molecular weight is 605 g/mol. The summed E-state index contributed by atoms with van der Waals surface area (Å²) >= 11 is 0. The van der Waals surface area contributed by atoms with Crippen molar-refractivity contribution in [3.05, 3.63) is 69.3 Å². The van der Waals surface area contributed by atoms with Crippen LogP contribution in [-0.2, 0) is 23.9 Å². The third-order valence-corrected chi connectivity index (χ3v) is 6.63. The van der Waals surface area contributed by atoms with Crippen molar-refractivity contribution in [2.45, 2.75) is 45.3 Å². The summed E-state index contributed by atoms with van der Waals surface area (Å²) in [6.45, 7) is 1.59. The van der Waals surface area contributed by atoms with Crippen LogP contribution in [0.15, 0.2) is 35.3 Å². The van der Waals surface area contributed by atoms with E-state index >= 15 is 4.39 Å². The molecule has 1 aliphatic heterocycles. The Morgan fingerprint density at radius 3 is 2.33 bits per heavy atom. The fourth-order valence-corrected chi connectivity index (χ4v) is 4.53. The second-order valence-corrected chi connectivity index (χ2v) is 9.37. The Morgan fingerprint density at radius 2 is 1.76 bits per heavy atom. The van der Waals surface area contributed by atoms with Crippen LogP contribution in [0.4, 0.5) is 40.9 Å². The number of nitrogens with one attached hydrogen (secondary N) is 2. The van der Waals surface area contributed by atoms with Gasteiger partial charge in [0.25, 0.3) is 5.56 Å². The van der Waals surface area contributed by atoms with E-state index in [2.05, 4.69) is 20.0 Å². The summed E-state index contributed by atoms with van der Waals surface area (Å²) in [7, 11) is 0. The standard InChI is InChI=1S/C26H23F8N5O3/c1-2-17-21(28)24(41)38-22(37-17)19-16(25(29,30)31)5-3-14(20(19)27)11-36-23(40)13-7-9-39(10-8-13)18-6-4-15(12-35-18)42-26(32,33)34/h3-6,12-13H,2,7-11H2,1H3,(H,36,40)(H,37,38,41). The molecule has 1 aromatic carbocycles.